The van der Waals surface area contributed by atoms with Gasteiger partial charge in [-0.2, -0.15) is 0 Å². The summed E-state index contributed by atoms with van der Waals surface area (Å²) >= 11 is 0. The first kappa shape index (κ1) is 20.0. The van der Waals surface area contributed by atoms with Crippen LogP contribution in [0.15, 0.2) is 0 Å². The number of nitrogens with zero attached hydrogens (tertiary/aromatic N) is 1. The summed E-state index contributed by atoms with van der Waals surface area (Å²) in [5.74, 6) is 3.62. The second-order valence-corrected chi connectivity index (χ2v) is 8.22. The van der Waals surface area contributed by atoms with Crippen LogP contribution in [-0.4, -0.2) is 49.6 Å². The zero-order chi connectivity index (χ0) is 16.2. The number of rotatable bonds is 7. The van der Waals surface area contributed by atoms with Crippen molar-refractivity contribution in [3.8, 4) is 0 Å². The van der Waals surface area contributed by atoms with E-state index in [-0.39, 0.29) is 18.3 Å². The molecule has 2 saturated carbocycles. The highest BCUT2D eigenvalue weighted by atomic mass is 35.5. The molecule has 24 heavy (non-hydrogen) atoms. The van der Waals surface area contributed by atoms with Crippen molar-refractivity contribution in [3.63, 3.8) is 0 Å². The average molecular weight is 358 g/mol. The predicted molar refractivity (Wildman–Crippen MR) is 101 cm³/mol. The van der Waals surface area contributed by atoms with E-state index < -0.39 is 0 Å². The highest BCUT2D eigenvalue weighted by Crippen LogP contribution is 2.49. The van der Waals surface area contributed by atoms with E-state index in [0.717, 1.165) is 49.9 Å². The minimum atomic E-state index is 0. The van der Waals surface area contributed by atoms with E-state index in [1.54, 1.807) is 0 Å². The maximum absolute atomic E-state index is 12.4. The molecule has 4 unspecified atom stereocenters. The van der Waals surface area contributed by atoms with Crippen molar-refractivity contribution in [2.75, 3.05) is 32.7 Å². The first-order valence-electron chi connectivity index (χ1n) is 9.88. The lowest BCUT2D eigenvalue weighted by molar-refractivity contribution is -0.123. The smallest absolute Gasteiger partial charge is 0.234 e. The molecule has 3 rings (SSSR count). The Balaban J connectivity index is 0.00000208. The third-order valence-electron chi connectivity index (χ3n) is 6.58. The van der Waals surface area contributed by atoms with E-state index in [9.17, 15) is 4.79 Å². The second kappa shape index (κ2) is 9.40. The normalized spacial score (nSPS) is 31.7. The van der Waals surface area contributed by atoms with Crippen LogP contribution in [0.3, 0.4) is 0 Å². The van der Waals surface area contributed by atoms with Gasteiger partial charge in [0.15, 0.2) is 0 Å². The molecule has 2 bridgehead atoms. The number of carbonyl (C=O) groups is 1. The second-order valence-electron chi connectivity index (χ2n) is 8.22. The van der Waals surface area contributed by atoms with Crippen LogP contribution >= 0.6 is 12.4 Å². The van der Waals surface area contributed by atoms with Crippen LogP contribution in [0.1, 0.15) is 52.4 Å². The first-order valence-corrected chi connectivity index (χ1v) is 9.88. The SMILES string of the molecule is CCNCC1CCN(CC(=O)NC(C)C2CC3CCC2C3)CC1.Cl. The first-order chi connectivity index (χ1) is 11.2. The zero-order valence-electron chi connectivity index (χ0n) is 15.4. The number of fused-ring (bicyclic) bond motifs is 2. The quantitative estimate of drug-likeness (QED) is 0.736. The van der Waals surface area contributed by atoms with Gasteiger partial charge in [0.2, 0.25) is 5.91 Å². The van der Waals surface area contributed by atoms with E-state index in [0.29, 0.717) is 12.6 Å². The van der Waals surface area contributed by atoms with E-state index in [1.807, 2.05) is 0 Å². The van der Waals surface area contributed by atoms with Gasteiger partial charge in [-0.15, -0.1) is 12.4 Å². The van der Waals surface area contributed by atoms with Crippen LogP contribution < -0.4 is 10.6 Å². The molecular weight excluding hydrogens is 322 g/mol. The maximum Gasteiger partial charge on any atom is 0.234 e. The van der Waals surface area contributed by atoms with Crippen molar-refractivity contribution >= 4 is 18.3 Å². The van der Waals surface area contributed by atoms with Gasteiger partial charge >= 0.3 is 0 Å². The molecule has 4 nitrogen and oxygen atoms in total. The number of piperidine rings is 1. The monoisotopic (exact) mass is 357 g/mol. The molecule has 2 aliphatic carbocycles. The van der Waals surface area contributed by atoms with Crippen LogP contribution in [-0.2, 0) is 4.79 Å². The highest BCUT2D eigenvalue weighted by Gasteiger charge is 2.42. The fraction of sp³-hybridized carbons (Fsp3) is 0.947. The number of likely N-dealkylation sites (tertiary alicyclic amines) is 1. The molecular formula is C19H36ClN3O. The Labute approximate surface area is 153 Å². The molecule has 0 spiro atoms. The third-order valence-corrected chi connectivity index (χ3v) is 6.58. The molecule has 3 aliphatic rings. The molecule has 1 aliphatic heterocycles. The summed E-state index contributed by atoms with van der Waals surface area (Å²) in [6.45, 7) is 9.33. The van der Waals surface area contributed by atoms with Crippen molar-refractivity contribution < 1.29 is 4.79 Å². The predicted octanol–water partition coefficient (Wildman–Crippen LogP) is 2.67. The minimum absolute atomic E-state index is 0. The highest BCUT2D eigenvalue weighted by molar-refractivity contribution is 5.85. The summed E-state index contributed by atoms with van der Waals surface area (Å²) in [5.41, 5.74) is 0. The lowest BCUT2D eigenvalue weighted by Gasteiger charge is -2.33. The number of hydrogen-bond donors (Lipinski definition) is 2. The summed E-state index contributed by atoms with van der Waals surface area (Å²) < 4.78 is 0. The molecule has 3 fully saturated rings. The summed E-state index contributed by atoms with van der Waals surface area (Å²) in [6.07, 6.45) is 8.05. The van der Waals surface area contributed by atoms with Crippen molar-refractivity contribution in [1.82, 2.24) is 15.5 Å². The molecule has 1 amide bonds. The molecule has 0 aromatic carbocycles. The van der Waals surface area contributed by atoms with Crippen molar-refractivity contribution in [2.45, 2.75) is 58.4 Å². The Hall–Kier alpha value is -0.320. The largest absolute Gasteiger partial charge is 0.352 e. The van der Waals surface area contributed by atoms with E-state index >= 15 is 0 Å². The van der Waals surface area contributed by atoms with Crippen LogP contribution in [0.2, 0.25) is 0 Å². The molecule has 4 atom stereocenters. The zero-order valence-corrected chi connectivity index (χ0v) is 16.2. The van der Waals surface area contributed by atoms with Gasteiger partial charge in [-0.3, -0.25) is 9.69 Å². The topological polar surface area (TPSA) is 44.4 Å². The van der Waals surface area contributed by atoms with Crippen molar-refractivity contribution in [2.24, 2.45) is 23.7 Å². The Morgan fingerprint density at radius 2 is 1.92 bits per heavy atom. The Morgan fingerprint density at radius 3 is 2.50 bits per heavy atom. The van der Waals surface area contributed by atoms with Crippen molar-refractivity contribution in [3.05, 3.63) is 0 Å². The lowest BCUT2D eigenvalue weighted by Crippen LogP contribution is -2.47. The molecule has 0 radical (unpaired) electrons. The Morgan fingerprint density at radius 1 is 1.17 bits per heavy atom. The standard InChI is InChI=1S/C19H35N3O.ClH/c1-3-20-12-15-6-8-22(9-7-15)13-19(23)21-14(2)18-11-16-4-5-17(18)10-16;/h14-18,20H,3-13H2,1-2H3,(H,21,23);1H. The van der Waals surface area contributed by atoms with Crippen molar-refractivity contribution in [1.29, 1.82) is 0 Å². The van der Waals surface area contributed by atoms with Crippen LogP contribution in [0.5, 0.6) is 0 Å². The lowest BCUT2D eigenvalue weighted by atomic mass is 9.84. The molecule has 1 saturated heterocycles. The van der Waals surface area contributed by atoms with Gasteiger partial charge in [0.1, 0.15) is 0 Å². The maximum atomic E-state index is 12.4. The Bertz CT molecular complexity index is 398. The summed E-state index contributed by atoms with van der Waals surface area (Å²) in [7, 11) is 0. The summed E-state index contributed by atoms with van der Waals surface area (Å²) in [6, 6.07) is 0.365. The Kier molecular flexibility index (Phi) is 7.83. The number of halogens is 1. The van der Waals surface area contributed by atoms with Gasteiger partial charge < -0.3 is 10.6 Å². The number of hydrogen-bond acceptors (Lipinski definition) is 3. The molecule has 140 valence electrons. The van der Waals surface area contributed by atoms with Crippen LogP contribution in [0.25, 0.3) is 0 Å². The summed E-state index contributed by atoms with van der Waals surface area (Å²) in [4.78, 5) is 14.7. The van der Waals surface area contributed by atoms with Crippen LogP contribution in [0.4, 0.5) is 0 Å². The molecule has 0 aromatic rings. The number of amides is 1. The molecule has 2 N–H and O–H groups in total. The molecule has 5 heteroatoms. The molecule has 1 heterocycles. The number of carbonyl (C=O) groups excluding carboxylic acids is 1. The fourth-order valence-corrected chi connectivity index (χ4v) is 5.21. The van der Waals surface area contributed by atoms with Gasteiger partial charge in [-0.05, 0) is 88.9 Å². The van der Waals surface area contributed by atoms with Gasteiger partial charge in [-0.1, -0.05) is 13.3 Å². The van der Waals surface area contributed by atoms with Gasteiger partial charge in [0.25, 0.3) is 0 Å². The third kappa shape index (κ3) is 5.09. The number of nitrogens with one attached hydrogen (secondary N) is 2. The van der Waals surface area contributed by atoms with Crippen LogP contribution in [0, 0.1) is 23.7 Å². The molecule has 0 aromatic heterocycles. The van der Waals surface area contributed by atoms with Gasteiger partial charge in [-0.25, -0.2) is 0 Å². The van der Waals surface area contributed by atoms with E-state index in [4.69, 9.17) is 0 Å². The van der Waals surface area contributed by atoms with E-state index in [2.05, 4.69) is 29.4 Å². The minimum Gasteiger partial charge on any atom is -0.352 e. The summed E-state index contributed by atoms with van der Waals surface area (Å²) in [5, 5.41) is 6.75. The van der Waals surface area contributed by atoms with Gasteiger partial charge in [0.05, 0.1) is 6.54 Å². The van der Waals surface area contributed by atoms with E-state index in [1.165, 1.54) is 38.5 Å². The van der Waals surface area contributed by atoms with Gasteiger partial charge in [0, 0.05) is 6.04 Å². The average Bonchev–Trinajstić information content (AvgIpc) is 3.17. The fourth-order valence-electron chi connectivity index (χ4n) is 5.21.